The molecule has 0 aliphatic rings. The molecule has 1 aromatic heterocycles. The van der Waals surface area contributed by atoms with Crippen molar-refractivity contribution in [1.29, 1.82) is 0 Å². The Bertz CT molecular complexity index is 440. The highest BCUT2D eigenvalue weighted by Crippen LogP contribution is 2.06. The van der Waals surface area contributed by atoms with Crippen molar-refractivity contribution in [2.45, 2.75) is 46.2 Å². The van der Waals surface area contributed by atoms with Gasteiger partial charge in [0.15, 0.2) is 0 Å². The Morgan fingerprint density at radius 1 is 1.44 bits per heavy atom. The highest BCUT2D eigenvalue weighted by atomic mass is 16.4. The van der Waals surface area contributed by atoms with Gasteiger partial charge in [-0.2, -0.15) is 5.10 Å². The fraction of sp³-hybridized carbons (Fsp3) is 0.583. The van der Waals surface area contributed by atoms with E-state index < -0.39 is 17.9 Å². The largest absolute Gasteiger partial charge is 0.480 e. The molecule has 6 heteroatoms. The van der Waals surface area contributed by atoms with Crippen LogP contribution >= 0.6 is 0 Å². The van der Waals surface area contributed by atoms with Gasteiger partial charge in [0.1, 0.15) is 11.7 Å². The van der Waals surface area contributed by atoms with Crippen molar-refractivity contribution in [3.05, 3.63) is 17.5 Å². The minimum atomic E-state index is -1.02. The predicted octanol–water partition coefficient (Wildman–Crippen LogP) is 1.06. The number of hydrogen-bond acceptors (Lipinski definition) is 3. The van der Waals surface area contributed by atoms with E-state index >= 15 is 0 Å². The van der Waals surface area contributed by atoms with Crippen LogP contribution in [0.3, 0.4) is 0 Å². The van der Waals surface area contributed by atoms with Crippen LogP contribution < -0.4 is 5.32 Å². The number of carbonyl (C=O) groups excluding carboxylic acids is 1. The van der Waals surface area contributed by atoms with Gasteiger partial charge in [0.05, 0.1) is 5.69 Å². The van der Waals surface area contributed by atoms with E-state index in [0.29, 0.717) is 18.7 Å². The van der Waals surface area contributed by atoms with Gasteiger partial charge < -0.3 is 10.4 Å². The molecule has 2 N–H and O–H groups in total. The summed E-state index contributed by atoms with van der Waals surface area (Å²) in [6, 6.07) is 0.843. The summed E-state index contributed by atoms with van der Waals surface area (Å²) in [5.41, 5.74) is 1.24. The van der Waals surface area contributed by atoms with Crippen molar-refractivity contribution in [2.24, 2.45) is 0 Å². The van der Waals surface area contributed by atoms with Crippen LogP contribution in [-0.2, 0) is 17.8 Å². The Morgan fingerprint density at radius 2 is 2.11 bits per heavy atom. The van der Waals surface area contributed by atoms with E-state index in [1.807, 2.05) is 13.8 Å². The first-order chi connectivity index (χ1) is 8.53. The van der Waals surface area contributed by atoms with E-state index in [0.717, 1.165) is 12.1 Å². The van der Waals surface area contributed by atoms with Gasteiger partial charge in [0.25, 0.3) is 5.91 Å². The van der Waals surface area contributed by atoms with Crippen LogP contribution in [0.5, 0.6) is 0 Å². The summed E-state index contributed by atoms with van der Waals surface area (Å²) in [4.78, 5) is 22.9. The zero-order valence-corrected chi connectivity index (χ0v) is 10.9. The Labute approximate surface area is 106 Å². The molecule has 18 heavy (non-hydrogen) atoms. The van der Waals surface area contributed by atoms with Crippen molar-refractivity contribution in [1.82, 2.24) is 15.1 Å². The van der Waals surface area contributed by atoms with Gasteiger partial charge in [-0.25, -0.2) is 4.79 Å². The molecule has 0 spiro atoms. The van der Waals surface area contributed by atoms with Crippen LogP contribution in [0.15, 0.2) is 6.07 Å². The monoisotopic (exact) mass is 253 g/mol. The maximum absolute atomic E-state index is 12.0. The Kier molecular flexibility index (Phi) is 4.88. The van der Waals surface area contributed by atoms with Crippen molar-refractivity contribution in [3.8, 4) is 0 Å². The normalized spacial score (nSPS) is 12.2. The average Bonchev–Trinajstić information content (AvgIpc) is 2.78. The quantitative estimate of drug-likeness (QED) is 0.794. The molecule has 0 aromatic carbocycles. The fourth-order valence-electron chi connectivity index (χ4n) is 1.64. The molecule has 0 unspecified atom stereocenters. The van der Waals surface area contributed by atoms with Gasteiger partial charge in [-0.3, -0.25) is 9.48 Å². The van der Waals surface area contributed by atoms with Crippen molar-refractivity contribution < 1.29 is 14.7 Å². The molecule has 6 nitrogen and oxygen atoms in total. The van der Waals surface area contributed by atoms with Crippen LogP contribution in [0.2, 0.25) is 0 Å². The van der Waals surface area contributed by atoms with E-state index in [2.05, 4.69) is 10.4 Å². The first-order valence-electron chi connectivity index (χ1n) is 6.13. The van der Waals surface area contributed by atoms with Gasteiger partial charge in [-0.15, -0.1) is 0 Å². The zero-order valence-electron chi connectivity index (χ0n) is 10.9. The smallest absolute Gasteiger partial charge is 0.326 e. The topological polar surface area (TPSA) is 84.2 Å². The lowest BCUT2D eigenvalue weighted by atomic mass is 10.2. The van der Waals surface area contributed by atoms with Crippen molar-refractivity contribution in [2.75, 3.05) is 0 Å². The summed E-state index contributed by atoms with van der Waals surface area (Å²) in [6.45, 7) is 6.13. The van der Waals surface area contributed by atoms with Gasteiger partial charge >= 0.3 is 5.97 Å². The second-order valence-electron chi connectivity index (χ2n) is 3.96. The van der Waals surface area contributed by atoms with Gasteiger partial charge in [-0.05, 0) is 25.8 Å². The van der Waals surface area contributed by atoms with Gasteiger partial charge in [-0.1, -0.05) is 13.8 Å². The number of amides is 1. The molecule has 0 bridgehead atoms. The summed E-state index contributed by atoms with van der Waals surface area (Å²) >= 11 is 0. The molecule has 100 valence electrons. The molecule has 1 atom stereocenters. The Hall–Kier alpha value is -1.85. The SMILES string of the molecule is CCc1cc(C(=O)N[C@@H](CC)C(=O)O)n(CC)n1. The van der Waals surface area contributed by atoms with Gasteiger partial charge in [0, 0.05) is 6.54 Å². The zero-order chi connectivity index (χ0) is 13.7. The lowest BCUT2D eigenvalue weighted by Crippen LogP contribution is -2.41. The molecule has 0 fully saturated rings. The third kappa shape index (κ3) is 3.09. The maximum atomic E-state index is 12.0. The van der Waals surface area contributed by atoms with Crippen LogP contribution in [0.25, 0.3) is 0 Å². The lowest BCUT2D eigenvalue weighted by molar-refractivity contribution is -0.139. The number of rotatable bonds is 6. The summed E-state index contributed by atoms with van der Waals surface area (Å²) in [6.07, 6.45) is 1.09. The molecule has 1 heterocycles. The minimum absolute atomic E-state index is 0.349. The molecule has 0 aliphatic carbocycles. The second-order valence-corrected chi connectivity index (χ2v) is 3.96. The molecule has 0 saturated carbocycles. The molecule has 0 saturated heterocycles. The van der Waals surface area contributed by atoms with E-state index in [9.17, 15) is 9.59 Å². The second kappa shape index (κ2) is 6.18. The molecule has 0 aliphatic heterocycles. The maximum Gasteiger partial charge on any atom is 0.326 e. The predicted molar refractivity (Wildman–Crippen MR) is 66.5 cm³/mol. The average molecular weight is 253 g/mol. The third-order valence-electron chi connectivity index (χ3n) is 2.74. The van der Waals surface area contributed by atoms with Crippen LogP contribution in [0.4, 0.5) is 0 Å². The number of carbonyl (C=O) groups is 2. The van der Waals surface area contributed by atoms with E-state index in [4.69, 9.17) is 5.11 Å². The highest BCUT2D eigenvalue weighted by Gasteiger charge is 2.21. The Balaban J connectivity index is 2.89. The number of hydrogen-bond donors (Lipinski definition) is 2. The van der Waals surface area contributed by atoms with Gasteiger partial charge in [0.2, 0.25) is 0 Å². The Morgan fingerprint density at radius 3 is 2.56 bits per heavy atom. The number of aliphatic carboxylic acids is 1. The number of nitrogens with one attached hydrogen (secondary N) is 1. The van der Waals surface area contributed by atoms with Crippen molar-refractivity contribution >= 4 is 11.9 Å². The first-order valence-corrected chi connectivity index (χ1v) is 6.13. The van der Waals surface area contributed by atoms with Crippen LogP contribution in [-0.4, -0.2) is 32.8 Å². The lowest BCUT2D eigenvalue weighted by Gasteiger charge is -2.12. The third-order valence-corrected chi connectivity index (χ3v) is 2.74. The van der Waals surface area contributed by atoms with Crippen LogP contribution in [0.1, 0.15) is 43.4 Å². The molecular formula is C12H19N3O3. The summed E-state index contributed by atoms with van der Waals surface area (Å²) < 4.78 is 1.59. The number of aryl methyl sites for hydroxylation is 2. The first kappa shape index (κ1) is 14.2. The summed E-state index contributed by atoms with van der Waals surface area (Å²) in [7, 11) is 0. The van der Waals surface area contributed by atoms with Crippen LogP contribution in [0, 0.1) is 0 Å². The fourth-order valence-corrected chi connectivity index (χ4v) is 1.64. The van der Waals surface area contributed by atoms with E-state index in [-0.39, 0.29) is 0 Å². The number of carboxylic acid groups (broad SMARTS) is 1. The molecular weight excluding hydrogens is 234 g/mol. The summed E-state index contributed by atoms with van der Waals surface area (Å²) in [5, 5.41) is 15.7. The van der Waals surface area contributed by atoms with E-state index in [1.54, 1.807) is 17.7 Å². The molecule has 1 rings (SSSR count). The van der Waals surface area contributed by atoms with Crippen molar-refractivity contribution in [3.63, 3.8) is 0 Å². The minimum Gasteiger partial charge on any atom is -0.480 e. The highest BCUT2D eigenvalue weighted by molar-refractivity contribution is 5.95. The molecule has 1 amide bonds. The standard InChI is InChI=1S/C12H19N3O3/c1-4-8-7-10(15(6-3)14-8)11(16)13-9(5-2)12(17)18/h7,9H,4-6H2,1-3H3,(H,13,16)(H,17,18)/t9-/m0/s1. The number of nitrogens with zero attached hydrogens (tertiary/aromatic N) is 2. The number of carboxylic acids is 1. The molecule has 1 aromatic rings. The molecule has 0 radical (unpaired) electrons. The number of aromatic nitrogens is 2. The van der Waals surface area contributed by atoms with E-state index in [1.165, 1.54) is 0 Å². The summed E-state index contributed by atoms with van der Waals surface area (Å²) in [5.74, 6) is -1.41.